The quantitative estimate of drug-likeness (QED) is 0.654. The van der Waals surface area contributed by atoms with Crippen LogP contribution in [0.5, 0.6) is 0 Å². The second-order valence-electron chi connectivity index (χ2n) is 4.16. The Bertz CT molecular complexity index is 644. The highest BCUT2D eigenvalue weighted by Gasteiger charge is 2.13. The summed E-state index contributed by atoms with van der Waals surface area (Å²) in [5, 5.41) is 4.95. The van der Waals surface area contributed by atoms with Gasteiger partial charge in [-0.1, -0.05) is 17.7 Å². The Morgan fingerprint density at radius 2 is 2.14 bits per heavy atom. The second-order valence-corrected chi connectivity index (χ2v) is 5.63. The van der Waals surface area contributed by atoms with Gasteiger partial charge in [0.25, 0.3) is 5.91 Å². The number of esters is 1. The predicted molar refractivity (Wildman–Crippen MR) is 82.3 cm³/mol. The summed E-state index contributed by atoms with van der Waals surface area (Å²) in [5.41, 5.74) is 6.06. The SMILES string of the molecule is Nc1ccc(Cl)cc1C(=O)OCC(=O)NCc1cccs1. The van der Waals surface area contributed by atoms with Crippen LogP contribution in [0.3, 0.4) is 0 Å². The van der Waals surface area contributed by atoms with Crippen LogP contribution in [0.15, 0.2) is 35.7 Å². The largest absolute Gasteiger partial charge is 0.452 e. The van der Waals surface area contributed by atoms with E-state index in [0.717, 1.165) is 4.88 Å². The van der Waals surface area contributed by atoms with Crippen molar-refractivity contribution in [2.24, 2.45) is 0 Å². The van der Waals surface area contributed by atoms with Crippen LogP contribution in [0.2, 0.25) is 5.02 Å². The normalized spacial score (nSPS) is 10.1. The van der Waals surface area contributed by atoms with Gasteiger partial charge in [-0.3, -0.25) is 4.79 Å². The van der Waals surface area contributed by atoms with Gasteiger partial charge < -0.3 is 15.8 Å². The molecule has 2 aromatic rings. The van der Waals surface area contributed by atoms with Crippen LogP contribution in [-0.4, -0.2) is 18.5 Å². The van der Waals surface area contributed by atoms with Gasteiger partial charge in [0.2, 0.25) is 0 Å². The van der Waals surface area contributed by atoms with E-state index in [2.05, 4.69) is 5.32 Å². The lowest BCUT2D eigenvalue weighted by Crippen LogP contribution is -2.28. The van der Waals surface area contributed by atoms with Crippen LogP contribution >= 0.6 is 22.9 Å². The zero-order valence-electron chi connectivity index (χ0n) is 11.0. The Morgan fingerprint density at radius 1 is 1.33 bits per heavy atom. The van der Waals surface area contributed by atoms with Gasteiger partial charge in [-0.05, 0) is 29.6 Å². The van der Waals surface area contributed by atoms with Crippen LogP contribution in [0, 0.1) is 0 Å². The lowest BCUT2D eigenvalue weighted by molar-refractivity contribution is -0.124. The monoisotopic (exact) mass is 324 g/mol. The number of nitrogens with two attached hydrogens (primary N) is 1. The zero-order chi connectivity index (χ0) is 15.2. The van der Waals surface area contributed by atoms with E-state index in [1.54, 1.807) is 6.07 Å². The average molecular weight is 325 g/mol. The number of nitrogens with one attached hydrogen (secondary N) is 1. The molecule has 0 unspecified atom stereocenters. The predicted octanol–water partition coefficient (Wildman–Crippen LogP) is 2.46. The molecular weight excluding hydrogens is 312 g/mol. The third-order valence-electron chi connectivity index (χ3n) is 2.61. The van der Waals surface area contributed by atoms with E-state index in [1.165, 1.54) is 23.5 Å². The summed E-state index contributed by atoms with van der Waals surface area (Å²) in [6.45, 7) is 0.0452. The number of anilines is 1. The lowest BCUT2D eigenvalue weighted by Gasteiger charge is -2.07. The molecule has 110 valence electrons. The Morgan fingerprint density at radius 3 is 2.86 bits per heavy atom. The van der Waals surface area contributed by atoms with Crippen LogP contribution < -0.4 is 11.1 Å². The number of carbonyl (C=O) groups excluding carboxylic acids is 2. The van der Waals surface area contributed by atoms with E-state index in [0.29, 0.717) is 11.6 Å². The molecule has 21 heavy (non-hydrogen) atoms. The molecular formula is C14H13ClN2O3S. The van der Waals surface area contributed by atoms with Gasteiger partial charge in [-0.2, -0.15) is 0 Å². The molecule has 5 nitrogen and oxygen atoms in total. The highest BCUT2D eigenvalue weighted by Crippen LogP contribution is 2.18. The molecule has 0 aliphatic rings. The summed E-state index contributed by atoms with van der Waals surface area (Å²) in [6.07, 6.45) is 0. The molecule has 1 aromatic heterocycles. The van der Waals surface area contributed by atoms with E-state index >= 15 is 0 Å². The molecule has 0 bridgehead atoms. The summed E-state index contributed by atoms with van der Waals surface area (Å²) in [5.74, 6) is -1.06. The highest BCUT2D eigenvalue weighted by molar-refractivity contribution is 7.09. The number of hydrogen-bond donors (Lipinski definition) is 2. The molecule has 0 saturated heterocycles. The molecule has 2 rings (SSSR count). The Kier molecular flexibility index (Phi) is 5.19. The zero-order valence-corrected chi connectivity index (χ0v) is 12.5. The first kappa shape index (κ1) is 15.3. The van der Waals surface area contributed by atoms with Gasteiger partial charge in [0.15, 0.2) is 6.61 Å². The molecule has 7 heteroatoms. The first-order valence-corrected chi connectivity index (χ1v) is 7.33. The number of ether oxygens (including phenoxy) is 1. The van der Waals surface area contributed by atoms with Crippen molar-refractivity contribution in [3.63, 3.8) is 0 Å². The van der Waals surface area contributed by atoms with Crippen molar-refractivity contribution < 1.29 is 14.3 Å². The van der Waals surface area contributed by atoms with E-state index in [1.807, 2.05) is 17.5 Å². The summed E-state index contributed by atoms with van der Waals surface area (Å²) in [6, 6.07) is 8.29. The third-order valence-corrected chi connectivity index (χ3v) is 3.72. The molecule has 3 N–H and O–H groups in total. The van der Waals surface area contributed by atoms with Crippen LogP contribution in [0.4, 0.5) is 5.69 Å². The molecule has 0 aliphatic heterocycles. The number of thiophene rings is 1. The topological polar surface area (TPSA) is 81.4 Å². The number of benzene rings is 1. The first-order chi connectivity index (χ1) is 10.1. The fraction of sp³-hybridized carbons (Fsp3) is 0.143. The lowest BCUT2D eigenvalue weighted by atomic mass is 10.2. The van der Waals surface area contributed by atoms with Crippen molar-refractivity contribution in [2.75, 3.05) is 12.3 Å². The van der Waals surface area contributed by atoms with Crippen molar-refractivity contribution in [1.29, 1.82) is 0 Å². The van der Waals surface area contributed by atoms with Crippen LogP contribution in [0.1, 0.15) is 15.2 Å². The van der Waals surface area contributed by atoms with Gasteiger partial charge >= 0.3 is 5.97 Å². The van der Waals surface area contributed by atoms with E-state index in [9.17, 15) is 9.59 Å². The molecule has 1 heterocycles. The molecule has 0 atom stereocenters. The number of hydrogen-bond acceptors (Lipinski definition) is 5. The number of carbonyl (C=O) groups is 2. The molecule has 0 radical (unpaired) electrons. The average Bonchev–Trinajstić information content (AvgIpc) is 2.98. The summed E-state index contributed by atoms with van der Waals surface area (Å²) in [7, 11) is 0. The van der Waals surface area contributed by atoms with Crippen LogP contribution in [0.25, 0.3) is 0 Å². The fourth-order valence-corrected chi connectivity index (χ4v) is 2.38. The number of rotatable bonds is 5. The minimum absolute atomic E-state index is 0.147. The summed E-state index contributed by atoms with van der Waals surface area (Å²) < 4.78 is 4.91. The Hall–Kier alpha value is -2.05. The van der Waals surface area contributed by atoms with Crippen molar-refractivity contribution in [3.05, 3.63) is 51.2 Å². The van der Waals surface area contributed by atoms with Crippen LogP contribution in [-0.2, 0) is 16.1 Å². The molecule has 0 saturated carbocycles. The third kappa shape index (κ3) is 4.47. The van der Waals surface area contributed by atoms with Crippen molar-refractivity contribution in [2.45, 2.75) is 6.54 Å². The fourth-order valence-electron chi connectivity index (χ4n) is 1.56. The summed E-state index contributed by atoms with van der Waals surface area (Å²) >= 11 is 7.32. The van der Waals surface area contributed by atoms with E-state index < -0.39 is 5.97 Å². The number of halogens is 1. The minimum Gasteiger partial charge on any atom is -0.452 e. The van der Waals surface area contributed by atoms with Gasteiger partial charge in [0.1, 0.15) is 0 Å². The molecule has 1 aromatic carbocycles. The van der Waals surface area contributed by atoms with Gasteiger partial charge in [0.05, 0.1) is 12.1 Å². The van der Waals surface area contributed by atoms with E-state index in [4.69, 9.17) is 22.1 Å². The second kappa shape index (κ2) is 7.10. The molecule has 0 fully saturated rings. The maximum atomic E-state index is 11.8. The Balaban J connectivity index is 1.83. The van der Waals surface area contributed by atoms with Crippen molar-refractivity contribution >= 4 is 40.5 Å². The first-order valence-electron chi connectivity index (χ1n) is 6.07. The minimum atomic E-state index is -0.679. The summed E-state index contributed by atoms with van der Waals surface area (Å²) in [4.78, 5) is 24.4. The van der Waals surface area contributed by atoms with Crippen molar-refractivity contribution in [3.8, 4) is 0 Å². The maximum Gasteiger partial charge on any atom is 0.340 e. The van der Waals surface area contributed by atoms with E-state index in [-0.39, 0.29) is 23.8 Å². The Labute approximate surface area is 130 Å². The number of amides is 1. The molecule has 0 spiro atoms. The van der Waals surface area contributed by atoms with Gasteiger partial charge in [-0.25, -0.2) is 4.79 Å². The molecule has 1 amide bonds. The highest BCUT2D eigenvalue weighted by atomic mass is 35.5. The van der Waals surface area contributed by atoms with Crippen molar-refractivity contribution in [1.82, 2.24) is 5.32 Å². The van der Waals surface area contributed by atoms with Gasteiger partial charge in [0, 0.05) is 15.6 Å². The standard InChI is InChI=1S/C14H13ClN2O3S/c15-9-3-4-12(16)11(6-9)14(19)20-8-13(18)17-7-10-2-1-5-21-10/h1-6H,7-8,16H2,(H,17,18). The molecule has 0 aliphatic carbocycles. The van der Waals surface area contributed by atoms with Gasteiger partial charge in [-0.15, -0.1) is 11.3 Å². The number of nitrogen functional groups attached to an aromatic ring is 1. The maximum absolute atomic E-state index is 11.8. The smallest absolute Gasteiger partial charge is 0.340 e.